The van der Waals surface area contributed by atoms with E-state index in [1.807, 2.05) is 25.1 Å². The van der Waals surface area contributed by atoms with Crippen LogP contribution < -0.4 is 10.7 Å². The van der Waals surface area contributed by atoms with Crippen molar-refractivity contribution >= 4 is 53.3 Å². The fourth-order valence-electron chi connectivity index (χ4n) is 3.79. The molecule has 0 spiro atoms. The molecule has 0 aliphatic heterocycles. The topological polar surface area (TPSA) is 64.7 Å². The van der Waals surface area contributed by atoms with E-state index in [9.17, 15) is 10.1 Å². The van der Waals surface area contributed by atoms with Crippen LogP contribution in [0.25, 0.3) is 0 Å². The molecule has 0 aliphatic rings. The van der Waals surface area contributed by atoms with E-state index < -0.39 is 21.9 Å². The van der Waals surface area contributed by atoms with Crippen molar-refractivity contribution in [3.05, 3.63) is 125 Å². The number of hydrogen-bond acceptors (Lipinski definition) is 5. The average molecular weight is 575 g/mol. The molecule has 34 heavy (non-hydrogen) atoms. The molecule has 0 saturated heterocycles. The van der Waals surface area contributed by atoms with E-state index in [0.29, 0.717) is 17.5 Å². The van der Waals surface area contributed by atoms with Gasteiger partial charge in [-0.15, -0.1) is 0 Å². The third kappa shape index (κ3) is 5.34. The summed E-state index contributed by atoms with van der Waals surface area (Å²) in [7, 11) is 1.73. The molecular formula is C27H24N2O3SSn. The Labute approximate surface area is 206 Å². The third-order valence-electron chi connectivity index (χ3n) is 5.33. The van der Waals surface area contributed by atoms with Gasteiger partial charge in [0, 0.05) is 0 Å². The van der Waals surface area contributed by atoms with E-state index in [-0.39, 0.29) is 5.69 Å². The van der Waals surface area contributed by atoms with Crippen molar-refractivity contribution in [2.75, 3.05) is 6.61 Å². The first-order chi connectivity index (χ1) is 16.6. The van der Waals surface area contributed by atoms with Crippen LogP contribution in [-0.4, -0.2) is 33.8 Å². The zero-order valence-electron chi connectivity index (χ0n) is 18.7. The predicted molar refractivity (Wildman–Crippen MR) is 143 cm³/mol. The third-order valence-corrected chi connectivity index (χ3v) is 24.7. The molecule has 0 radical (unpaired) electrons. The minimum absolute atomic E-state index is 0.0379. The van der Waals surface area contributed by atoms with Gasteiger partial charge in [-0.2, -0.15) is 0 Å². The number of ether oxygens (including phenoxy) is 1. The zero-order chi connectivity index (χ0) is 23.8. The van der Waals surface area contributed by atoms with Crippen molar-refractivity contribution in [2.45, 2.75) is 6.92 Å². The van der Waals surface area contributed by atoms with Crippen LogP contribution >= 0.6 is 8.95 Å². The minimum atomic E-state index is -3.69. The van der Waals surface area contributed by atoms with Crippen molar-refractivity contribution in [1.29, 1.82) is 0 Å². The van der Waals surface area contributed by atoms with E-state index in [1.54, 1.807) is 21.1 Å². The van der Waals surface area contributed by atoms with Crippen molar-refractivity contribution in [2.24, 2.45) is 4.99 Å². The molecule has 0 aromatic heterocycles. The molecular weight excluding hydrogens is 551 g/mol. The van der Waals surface area contributed by atoms with E-state index in [4.69, 9.17) is 9.73 Å². The van der Waals surface area contributed by atoms with Crippen molar-refractivity contribution in [3.63, 3.8) is 0 Å². The molecule has 4 aromatic rings. The second-order valence-corrected chi connectivity index (χ2v) is 22.7. The van der Waals surface area contributed by atoms with Gasteiger partial charge in [-0.3, -0.25) is 0 Å². The average Bonchev–Trinajstić information content (AvgIpc) is 2.89. The van der Waals surface area contributed by atoms with Gasteiger partial charge in [-0.1, -0.05) is 0 Å². The van der Waals surface area contributed by atoms with Gasteiger partial charge in [-0.25, -0.2) is 0 Å². The van der Waals surface area contributed by atoms with Crippen LogP contribution in [0.5, 0.6) is 0 Å². The van der Waals surface area contributed by atoms with Crippen LogP contribution in [-0.2, 0) is 4.74 Å². The van der Waals surface area contributed by atoms with Crippen LogP contribution in [0.3, 0.4) is 0 Å². The molecule has 5 nitrogen and oxygen atoms in total. The summed E-state index contributed by atoms with van der Waals surface area (Å²) in [5.41, 5.74) is 0.659. The molecule has 0 amide bonds. The summed E-state index contributed by atoms with van der Waals surface area (Å²) < 4.78 is 9.98. The number of hydrogen-bond donors (Lipinski definition) is 0. The number of nitrogens with zero attached hydrogens (tertiary/aromatic N) is 2. The predicted octanol–water partition coefficient (Wildman–Crippen LogP) is 5.02. The maximum atomic E-state index is 11.0. The monoisotopic (exact) mass is 576 g/mol. The number of nitro benzene ring substituents is 1. The van der Waals surface area contributed by atoms with Crippen LogP contribution in [0.15, 0.2) is 120 Å². The quantitative estimate of drug-likeness (QED) is 0.102. The summed E-state index contributed by atoms with van der Waals surface area (Å²) in [5, 5.41) is 11.6. The van der Waals surface area contributed by atoms with Gasteiger partial charge in [0.15, 0.2) is 0 Å². The Balaban J connectivity index is 1.89. The van der Waals surface area contributed by atoms with Gasteiger partial charge in [0.2, 0.25) is 0 Å². The Morgan fingerprint density at radius 2 is 1.24 bits per heavy atom. The van der Waals surface area contributed by atoms with Crippen LogP contribution in [0, 0.1) is 10.1 Å². The van der Waals surface area contributed by atoms with E-state index in [2.05, 4.69) is 72.8 Å². The van der Waals surface area contributed by atoms with Crippen LogP contribution in [0.2, 0.25) is 0 Å². The molecule has 0 bridgehead atoms. The fourth-order valence-corrected chi connectivity index (χ4v) is 22.2. The van der Waals surface area contributed by atoms with Crippen molar-refractivity contribution < 1.29 is 9.66 Å². The summed E-state index contributed by atoms with van der Waals surface area (Å²) in [6.45, 7) is 2.41. The molecule has 0 N–H and O–H groups in total. The summed E-state index contributed by atoms with van der Waals surface area (Å²) in [4.78, 5) is 15.4. The van der Waals surface area contributed by atoms with Gasteiger partial charge < -0.3 is 0 Å². The Morgan fingerprint density at radius 1 is 0.794 bits per heavy atom. The first-order valence-corrected chi connectivity index (χ1v) is 19.5. The number of non-ortho nitro benzene ring substituents is 1. The molecule has 7 heteroatoms. The Bertz CT molecular complexity index is 1150. The van der Waals surface area contributed by atoms with E-state index in [0.717, 1.165) is 0 Å². The SMILES string of the molecule is CCOC(=Nc1ccc([N+](=O)[O-])cc1)[S][Sn]([c]1ccccc1)([c]1ccccc1)[c]1ccccc1. The van der Waals surface area contributed by atoms with Gasteiger partial charge in [0.1, 0.15) is 0 Å². The molecule has 0 aliphatic carbocycles. The fraction of sp³-hybridized carbons (Fsp3) is 0.0741. The van der Waals surface area contributed by atoms with Crippen molar-refractivity contribution in [3.8, 4) is 0 Å². The summed E-state index contributed by atoms with van der Waals surface area (Å²) in [6, 6.07) is 38.1. The maximum absolute atomic E-state index is 11.0. The molecule has 0 unspecified atom stereocenters. The van der Waals surface area contributed by atoms with Crippen LogP contribution in [0.1, 0.15) is 6.92 Å². The first-order valence-electron chi connectivity index (χ1n) is 10.9. The number of nitro groups is 1. The van der Waals surface area contributed by atoms with Gasteiger partial charge in [0.25, 0.3) is 0 Å². The Kier molecular flexibility index (Phi) is 8.03. The Morgan fingerprint density at radius 3 is 1.62 bits per heavy atom. The van der Waals surface area contributed by atoms with Crippen LogP contribution in [0.4, 0.5) is 11.4 Å². The normalized spacial score (nSPS) is 11.7. The second kappa shape index (κ2) is 11.4. The van der Waals surface area contributed by atoms with E-state index >= 15 is 0 Å². The molecule has 170 valence electrons. The van der Waals surface area contributed by atoms with E-state index in [1.165, 1.54) is 22.9 Å². The van der Waals surface area contributed by atoms with Gasteiger partial charge >= 0.3 is 207 Å². The first kappa shape index (κ1) is 24.0. The standard InChI is InChI=1S/C9H10N2O3S.3C6H5.Sn/c1-2-14-9(15)10-7-3-5-8(6-4-7)11(12)13;3*1-2-4-6-5-3-1;/h3-6H,2H2,1H3,(H,10,15);3*1-5H;/q;;;;+1/p-1. The number of rotatable bonds is 7. The molecule has 0 fully saturated rings. The van der Waals surface area contributed by atoms with Crippen molar-refractivity contribution in [1.82, 2.24) is 0 Å². The molecule has 4 aromatic carbocycles. The molecule has 4 rings (SSSR count). The number of benzene rings is 4. The second-order valence-electron chi connectivity index (χ2n) is 7.47. The summed E-state index contributed by atoms with van der Waals surface area (Å²) >= 11 is -3.69. The Hall–Kier alpha value is -3.10. The summed E-state index contributed by atoms with van der Waals surface area (Å²) in [6.07, 6.45) is 0. The molecule has 0 saturated carbocycles. The van der Waals surface area contributed by atoms with Gasteiger partial charge in [-0.05, 0) is 0 Å². The summed E-state index contributed by atoms with van der Waals surface area (Å²) in [5.74, 6) is 0. The molecule has 0 heterocycles. The molecule has 0 atom stereocenters. The van der Waals surface area contributed by atoms with Gasteiger partial charge in [0.05, 0.1) is 0 Å². The zero-order valence-corrected chi connectivity index (χ0v) is 22.4. The number of aliphatic imine (C=N–C) groups is 1.